The van der Waals surface area contributed by atoms with Gasteiger partial charge in [-0.2, -0.15) is 5.10 Å². The number of carbonyl (C=O) groups excluding carboxylic acids is 2. The van der Waals surface area contributed by atoms with Gasteiger partial charge < -0.3 is 16.2 Å². The van der Waals surface area contributed by atoms with Crippen LogP contribution in [0.5, 0.6) is 0 Å². The highest BCUT2D eigenvalue weighted by Crippen LogP contribution is 2.03. The maximum atomic E-state index is 11.7. The number of nitrogens with two attached hydrogens (primary N) is 1. The fourth-order valence-corrected chi connectivity index (χ4v) is 1.35. The number of nitrogens with zero attached hydrogens (tertiary/aromatic N) is 2. The summed E-state index contributed by atoms with van der Waals surface area (Å²) in [4.78, 5) is 22.3. The predicted molar refractivity (Wildman–Crippen MR) is 60.2 cm³/mol. The van der Waals surface area contributed by atoms with E-state index >= 15 is 0 Å². The number of aromatic nitrogens is 2. The summed E-state index contributed by atoms with van der Waals surface area (Å²) in [5.41, 5.74) is 5.98. The highest BCUT2D eigenvalue weighted by molar-refractivity contribution is 5.93. The quantitative estimate of drug-likeness (QED) is 0.599. The number of hydrogen-bond donors (Lipinski definition) is 3. The molecular weight excluding hydrogens is 224 g/mol. The molecule has 0 radical (unpaired) electrons. The van der Waals surface area contributed by atoms with Crippen molar-refractivity contribution in [3.8, 4) is 0 Å². The number of aryl methyl sites for hydroxylation is 2. The van der Waals surface area contributed by atoms with Crippen molar-refractivity contribution in [1.82, 2.24) is 15.1 Å². The summed E-state index contributed by atoms with van der Waals surface area (Å²) < 4.78 is 1.54. The Bertz CT molecular complexity index is 427. The molecule has 2 amide bonds. The monoisotopic (exact) mass is 240 g/mol. The van der Waals surface area contributed by atoms with Crippen LogP contribution < -0.4 is 11.1 Å². The molecule has 0 saturated carbocycles. The van der Waals surface area contributed by atoms with Gasteiger partial charge in [-0.15, -0.1) is 0 Å². The Morgan fingerprint density at radius 1 is 1.65 bits per heavy atom. The van der Waals surface area contributed by atoms with Crippen LogP contribution >= 0.6 is 0 Å². The van der Waals surface area contributed by atoms with E-state index in [2.05, 4.69) is 10.4 Å². The first-order chi connectivity index (χ1) is 7.95. The summed E-state index contributed by atoms with van der Waals surface area (Å²) in [6.45, 7) is 4.00. The second kappa shape index (κ2) is 5.44. The molecule has 1 rings (SSSR count). The Balaban J connectivity index is 2.66. The number of hydrogen-bond acceptors (Lipinski definition) is 4. The van der Waals surface area contributed by atoms with E-state index in [1.807, 2.05) is 6.92 Å². The minimum Gasteiger partial charge on any atom is -0.381 e. The summed E-state index contributed by atoms with van der Waals surface area (Å²) in [5.74, 6) is -1.27. The lowest BCUT2D eigenvalue weighted by Crippen LogP contribution is -2.40. The lowest BCUT2D eigenvalue weighted by molar-refractivity contribution is -0.125. The zero-order chi connectivity index (χ0) is 13.0. The summed E-state index contributed by atoms with van der Waals surface area (Å²) >= 11 is 0. The fourth-order valence-electron chi connectivity index (χ4n) is 1.35. The molecule has 1 aromatic rings. The molecule has 0 aliphatic rings. The number of amides is 2. The summed E-state index contributed by atoms with van der Waals surface area (Å²) in [6, 6.07) is 1.63. The van der Waals surface area contributed by atoms with E-state index in [1.165, 1.54) is 0 Å². The van der Waals surface area contributed by atoms with Crippen LogP contribution in [0.4, 0.5) is 0 Å². The van der Waals surface area contributed by atoms with Crippen LogP contribution in [0.2, 0.25) is 0 Å². The molecule has 1 atom stereocenters. The molecule has 0 aliphatic carbocycles. The van der Waals surface area contributed by atoms with Crippen molar-refractivity contribution in [2.45, 2.75) is 26.5 Å². The largest absolute Gasteiger partial charge is 0.381 e. The third-order valence-electron chi connectivity index (χ3n) is 2.22. The van der Waals surface area contributed by atoms with E-state index in [-0.39, 0.29) is 6.54 Å². The Morgan fingerprint density at radius 3 is 2.82 bits per heavy atom. The predicted octanol–water partition coefficient (Wildman–Crippen LogP) is -1.21. The maximum absolute atomic E-state index is 11.7. The molecule has 0 saturated heterocycles. The van der Waals surface area contributed by atoms with Crippen LogP contribution in [0.3, 0.4) is 0 Å². The van der Waals surface area contributed by atoms with E-state index in [0.29, 0.717) is 12.2 Å². The van der Waals surface area contributed by atoms with Gasteiger partial charge in [-0.3, -0.25) is 14.3 Å². The number of aliphatic hydroxyl groups excluding tert-OH is 1. The van der Waals surface area contributed by atoms with Crippen molar-refractivity contribution in [3.63, 3.8) is 0 Å². The number of primary amides is 1. The normalized spacial score (nSPS) is 12.2. The SMILES string of the molecule is CCn1nc(C)cc1C(=O)NCC(O)C(N)=O. The molecule has 7 heteroatoms. The van der Waals surface area contributed by atoms with Crippen LogP contribution in [0, 0.1) is 6.92 Å². The smallest absolute Gasteiger partial charge is 0.269 e. The van der Waals surface area contributed by atoms with Crippen LogP contribution in [0.1, 0.15) is 23.1 Å². The molecule has 1 heterocycles. The molecule has 7 nitrogen and oxygen atoms in total. The molecule has 0 fully saturated rings. The molecule has 94 valence electrons. The maximum Gasteiger partial charge on any atom is 0.269 e. The van der Waals surface area contributed by atoms with Crippen molar-refractivity contribution < 1.29 is 14.7 Å². The molecule has 1 unspecified atom stereocenters. The van der Waals surface area contributed by atoms with Crippen LogP contribution in [0.15, 0.2) is 6.07 Å². The van der Waals surface area contributed by atoms with Gasteiger partial charge in [0.15, 0.2) is 0 Å². The van der Waals surface area contributed by atoms with E-state index in [0.717, 1.165) is 5.69 Å². The second-order valence-electron chi connectivity index (χ2n) is 3.61. The molecule has 4 N–H and O–H groups in total. The molecule has 1 aromatic heterocycles. The van der Waals surface area contributed by atoms with Gasteiger partial charge in [0, 0.05) is 6.54 Å². The molecular formula is C10H16N4O3. The van der Waals surface area contributed by atoms with E-state index in [1.54, 1.807) is 17.7 Å². The van der Waals surface area contributed by atoms with E-state index in [9.17, 15) is 9.59 Å². The Morgan fingerprint density at radius 2 is 2.29 bits per heavy atom. The van der Waals surface area contributed by atoms with Gasteiger partial charge in [0.25, 0.3) is 5.91 Å². The highest BCUT2D eigenvalue weighted by atomic mass is 16.3. The zero-order valence-corrected chi connectivity index (χ0v) is 9.80. The van der Waals surface area contributed by atoms with E-state index in [4.69, 9.17) is 10.8 Å². The average Bonchev–Trinajstić information content (AvgIpc) is 2.66. The zero-order valence-electron chi connectivity index (χ0n) is 9.80. The third kappa shape index (κ3) is 3.28. The molecule has 0 aromatic carbocycles. The van der Waals surface area contributed by atoms with Crippen LogP contribution in [0.25, 0.3) is 0 Å². The minimum absolute atomic E-state index is 0.206. The van der Waals surface area contributed by atoms with Gasteiger partial charge in [-0.05, 0) is 19.9 Å². The van der Waals surface area contributed by atoms with Gasteiger partial charge in [0.2, 0.25) is 5.91 Å². The van der Waals surface area contributed by atoms with Crippen LogP contribution in [-0.2, 0) is 11.3 Å². The van der Waals surface area contributed by atoms with Gasteiger partial charge >= 0.3 is 0 Å². The first-order valence-corrected chi connectivity index (χ1v) is 5.25. The van der Waals surface area contributed by atoms with Gasteiger partial charge in [0.05, 0.1) is 12.2 Å². The standard InChI is InChI=1S/C10H16N4O3/c1-3-14-7(4-6(2)13-14)10(17)12-5-8(15)9(11)16/h4,8,15H,3,5H2,1-2H3,(H2,11,16)(H,12,17). The number of rotatable bonds is 5. The van der Waals surface area contributed by atoms with Crippen LogP contribution in [-0.4, -0.2) is 39.4 Å². The fraction of sp³-hybridized carbons (Fsp3) is 0.500. The second-order valence-corrected chi connectivity index (χ2v) is 3.61. The van der Waals surface area contributed by atoms with Crippen molar-refractivity contribution in [2.75, 3.05) is 6.54 Å². The first kappa shape index (κ1) is 13.2. The molecule has 17 heavy (non-hydrogen) atoms. The number of aliphatic hydroxyl groups is 1. The lowest BCUT2D eigenvalue weighted by Gasteiger charge is -2.09. The topological polar surface area (TPSA) is 110 Å². The van der Waals surface area contributed by atoms with Gasteiger partial charge in [-0.1, -0.05) is 0 Å². The van der Waals surface area contributed by atoms with Gasteiger partial charge in [-0.25, -0.2) is 0 Å². The Hall–Kier alpha value is -1.89. The molecule has 0 aliphatic heterocycles. The van der Waals surface area contributed by atoms with Crippen molar-refractivity contribution in [2.24, 2.45) is 5.73 Å². The summed E-state index contributed by atoms with van der Waals surface area (Å²) in [6.07, 6.45) is -1.38. The Labute approximate surface area is 98.6 Å². The third-order valence-corrected chi connectivity index (χ3v) is 2.22. The average molecular weight is 240 g/mol. The van der Waals surface area contributed by atoms with E-state index < -0.39 is 17.9 Å². The lowest BCUT2D eigenvalue weighted by atomic mass is 10.3. The first-order valence-electron chi connectivity index (χ1n) is 5.25. The number of carbonyl (C=O) groups is 2. The van der Waals surface area contributed by atoms with Crippen molar-refractivity contribution in [1.29, 1.82) is 0 Å². The summed E-state index contributed by atoms with van der Waals surface area (Å²) in [7, 11) is 0. The van der Waals surface area contributed by atoms with Gasteiger partial charge in [0.1, 0.15) is 11.8 Å². The minimum atomic E-state index is -1.38. The Kier molecular flexibility index (Phi) is 4.22. The highest BCUT2D eigenvalue weighted by Gasteiger charge is 2.16. The van der Waals surface area contributed by atoms with Crippen molar-refractivity contribution in [3.05, 3.63) is 17.5 Å². The summed E-state index contributed by atoms with van der Waals surface area (Å²) in [5, 5.41) is 15.7. The molecule has 0 spiro atoms. The number of nitrogens with one attached hydrogen (secondary N) is 1. The van der Waals surface area contributed by atoms with Crippen molar-refractivity contribution >= 4 is 11.8 Å². The molecule has 0 bridgehead atoms.